The second-order valence-corrected chi connectivity index (χ2v) is 9.97. The highest BCUT2D eigenvalue weighted by Gasteiger charge is 2.29. The van der Waals surface area contributed by atoms with Crippen LogP contribution in [0.15, 0.2) is 59.7 Å². The summed E-state index contributed by atoms with van der Waals surface area (Å²) in [6.45, 7) is 3.67. The standard InChI is InChI=1S/C30H27F2N7O/c1-18-28-22(13-26(35-18)38-12-4-5-20(14-33)16-38)29-25(36-30(37-28)27-23(31)6-3-7-24(27)32)15-34-39(29)17-19-8-10-21(40-2)11-9-19/h3,6-11,13,15,20H,4-5,12,16-17H2,1-2H3,(H,36,37)/t20-/m0/s1. The van der Waals surface area contributed by atoms with Crippen molar-refractivity contribution in [3.63, 3.8) is 0 Å². The molecule has 0 amide bonds. The Hall–Kier alpha value is -4.78. The number of nitrogens with one attached hydrogen (secondary N) is 1. The molecule has 0 unspecified atom stereocenters. The summed E-state index contributed by atoms with van der Waals surface area (Å²) in [4.78, 5) is 11.7. The Labute approximate surface area is 230 Å². The Morgan fingerprint density at radius 1 is 1.15 bits per heavy atom. The molecule has 1 N–H and O–H groups in total. The number of anilines is 2. The van der Waals surface area contributed by atoms with Gasteiger partial charge in [-0.05, 0) is 55.7 Å². The number of nitrogens with zero attached hydrogens (tertiary/aromatic N) is 6. The maximum Gasteiger partial charge on any atom is 0.144 e. The number of ether oxygens (including phenoxy) is 1. The van der Waals surface area contributed by atoms with E-state index in [1.807, 2.05) is 41.9 Å². The van der Waals surface area contributed by atoms with Crippen molar-refractivity contribution in [3.8, 4) is 23.1 Å². The third kappa shape index (κ3) is 4.64. The number of hydrogen-bond acceptors (Lipinski definition) is 7. The first-order valence-corrected chi connectivity index (χ1v) is 13.1. The second-order valence-electron chi connectivity index (χ2n) is 9.97. The first-order chi connectivity index (χ1) is 19.4. The van der Waals surface area contributed by atoms with E-state index in [0.717, 1.165) is 42.1 Å². The van der Waals surface area contributed by atoms with Crippen molar-refractivity contribution >= 4 is 23.0 Å². The van der Waals surface area contributed by atoms with Crippen LogP contribution in [0, 0.1) is 35.8 Å². The number of halogens is 2. The van der Waals surface area contributed by atoms with E-state index in [-0.39, 0.29) is 17.3 Å². The Bertz CT molecular complexity index is 1640. The molecule has 0 saturated carbocycles. The second kappa shape index (κ2) is 10.4. The number of aromatic nitrogens is 3. The molecule has 2 aromatic heterocycles. The first kappa shape index (κ1) is 25.5. The summed E-state index contributed by atoms with van der Waals surface area (Å²) in [6, 6.07) is 15.8. The maximum absolute atomic E-state index is 14.9. The van der Waals surface area contributed by atoms with Gasteiger partial charge in [0.1, 0.15) is 34.7 Å². The quantitative estimate of drug-likeness (QED) is 0.343. The van der Waals surface area contributed by atoms with Gasteiger partial charge in [0.25, 0.3) is 0 Å². The number of aliphatic imine (C=N–C) groups is 1. The summed E-state index contributed by atoms with van der Waals surface area (Å²) in [5, 5.41) is 17.4. The topological polar surface area (TPSA) is 91.4 Å². The molecule has 10 heteroatoms. The van der Waals surface area contributed by atoms with Crippen LogP contribution in [0.4, 0.5) is 26.0 Å². The van der Waals surface area contributed by atoms with Gasteiger partial charge in [-0.3, -0.25) is 4.68 Å². The van der Waals surface area contributed by atoms with E-state index < -0.39 is 11.6 Å². The minimum atomic E-state index is -0.722. The van der Waals surface area contributed by atoms with Crippen LogP contribution in [0.5, 0.6) is 5.75 Å². The lowest BCUT2D eigenvalue weighted by atomic mass is 9.99. The van der Waals surface area contributed by atoms with Crippen molar-refractivity contribution in [3.05, 3.63) is 83.2 Å². The van der Waals surface area contributed by atoms with Crippen molar-refractivity contribution in [1.29, 1.82) is 5.26 Å². The van der Waals surface area contributed by atoms with Crippen molar-refractivity contribution in [1.82, 2.24) is 14.8 Å². The van der Waals surface area contributed by atoms with Gasteiger partial charge in [-0.2, -0.15) is 10.4 Å². The van der Waals surface area contributed by atoms with E-state index in [2.05, 4.69) is 26.4 Å². The van der Waals surface area contributed by atoms with Gasteiger partial charge in [0.05, 0.1) is 54.5 Å². The summed E-state index contributed by atoms with van der Waals surface area (Å²) in [7, 11) is 1.62. The van der Waals surface area contributed by atoms with Crippen molar-refractivity contribution in [2.75, 3.05) is 30.4 Å². The average Bonchev–Trinajstić information content (AvgIpc) is 3.27. The molecule has 8 nitrogen and oxygen atoms in total. The molecule has 2 aliphatic rings. The van der Waals surface area contributed by atoms with E-state index in [1.165, 1.54) is 18.2 Å². The van der Waals surface area contributed by atoms with Gasteiger partial charge in [0, 0.05) is 18.7 Å². The number of aryl methyl sites for hydroxylation is 1. The molecular formula is C30H27F2N7O. The molecule has 1 atom stereocenters. The van der Waals surface area contributed by atoms with Crippen LogP contribution in [0.3, 0.4) is 0 Å². The molecule has 1 saturated heterocycles. The molecular weight excluding hydrogens is 512 g/mol. The number of piperidine rings is 1. The number of pyridine rings is 1. The fourth-order valence-electron chi connectivity index (χ4n) is 5.32. The highest BCUT2D eigenvalue weighted by Crippen LogP contribution is 2.42. The number of amidine groups is 1. The Balaban J connectivity index is 1.51. The van der Waals surface area contributed by atoms with Crippen molar-refractivity contribution in [2.45, 2.75) is 26.3 Å². The van der Waals surface area contributed by atoms with Crippen LogP contribution in [-0.2, 0) is 6.54 Å². The predicted octanol–water partition coefficient (Wildman–Crippen LogP) is 5.83. The lowest BCUT2D eigenvalue weighted by Gasteiger charge is -2.31. The number of fused-ring (bicyclic) bond motifs is 3. The van der Waals surface area contributed by atoms with Crippen LogP contribution >= 0.6 is 0 Å². The predicted molar refractivity (Wildman–Crippen MR) is 149 cm³/mol. The van der Waals surface area contributed by atoms with Gasteiger partial charge in [-0.25, -0.2) is 18.8 Å². The van der Waals surface area contributed by atoms with Crippen LogP contribution < -0.4 is 15.0 Å². The third-order valence-corrected chi connectivity index (χ3v) is 7.36. The zero-order chi connectivity index (χ0) is 27.8. The van der Waals surface area contributed by atoms with Crippen LogP contribution in [0.1, 0.15) is 29.7 Å². The number of hydrogen-bond donors (Lipinski definition) is 1. The van der Waals surface area contributed by atoms with Gasteiger partial charge in [-0.15, -0.1) is 0 Å². The molecule has 202 valence electrons. The minimum Gasteiger partial charge on any atom is -0.497 e. The Kier molecular flexibility index (Phi) is 6.64. The van der Waals surface area contributed by atoms with Gasteiger partial charge in [-0.1, -0.05) is 18.2 Å². The summed E-state index contributed by atoms with van der Waals surface area (Å²) >= 11 is 0. The van der Waals surface area contributed by atoms with Crippen molar-refractivity contribution in [2.24, 2.45) is 10.9 Å². The lowest BCUT2D eigenvalue weighted by molar-refractivity contribution is 0.414. The number of benzene rings is 2. The number of rotatable bonds is 5. The SMILES string of the molecule is COc1ccc(Cn2ncc3c2-c2cc(N4CCC[C@@H](C#N)C4)nc(C)c2NC(c2c(F)cccc2F)=N3)cc1. The normalized spacial score (nSPS) is 16.2. The van der Waals surface area contributed by atoms with E-state index in [4.69, 9.17) is 9.72 Å². The maximum atomic E-state index is 14.9. The molecule has 0 spiro atoms. The van der Waals surface area contributed by atoms with E-state index in [9.17, 15) is 14.0 Å². The van der Waals surface area contributed by atoms with E-state index >= 15 is 0 Å². The average molecular weight is 540 g/mol. The Morgan fingerprint density at radius 3 is 2.65 bits per heavy atom. The summed E-state index contributed by atoms with van der Waals surface area (Å²) in [5.74, 6) is 0.0200. The van der Waals surface area contributed by atoms with Crippen LogP contribution in [-0.4, -0.2) is 40.8 Å². The first-order valence-electron chi connectivity index (χ1n) is 13.1. The van der Waals surface area contributed by atoms with Gasteiger partial charge in [0.2, 0.25) is 0 Å². The smallest absolute Gasteiger partial charge is 0.144 e. The fraction of sp³-hybridized carbons (Fsp3) is 0.267. The summed E-state index contributed by atoms with van der Waals surface area (Å²) < 4.78 is 36.9. The summed E-state index contributed by atoms with van der Waals surface area (Å²) in [5.41, 5.74) is 3.91. The zero-order valence-corrected chi connectivity index (χ0v) is 22.2. The molecule has 4 aromatic rings. The molecule has 4 heterocycles. The molecule has 0 bridgehead atoms. The molecule has 0 radical (unpaired) electrons. The van der Waals surface area contributed by atoms with Crippen LogP contribution in [0.2, 0.25) is 0 Å². The molecule has 2 aromatic carbocycles. The molecule has 6 rings (SSSR count). The number of methoxy groups -OCH3 is 1. The minimum absolute atomic E-state index is 0.0414. The lowest BCUT2D eigenvalue weighted by Crippen LogP contribution is -2.35. The van der Waals surface area contributed by atoms with Gasteiger partial charge >= 0.3 is 0 Å². The van der Waals surface area contributed by atoms with E-state index in [0.29, 0.717) is 35.9 Å². The monoisotopic (exact) mass is 539 g/mol. The Morgan fingerprint density at radius 2 is 1.93 bits per heavy atom. The molecule has 0 aliphatic carbocycles. The zero-order valence-electron chi connectivity index (χ0n) is 22.2. The van der Waals surface area contributed by atoms with Crippen molar-refractivity contribution < 1.29 is 13.5 Å². The van der Waals surface area contributed by atoms with Crippen LogP contribution in [0.25, 0.3) is 11.3 Å². The third-order valence-electron chi connectivity index (χ3n) is 7.36. The number of nitriles is 1. The molecule has 40 heavy (non-hydrogen) atoms. The highest BCUT2D eigenvalue weighted by molar-refractivity contribution is 6.13. The largest absolute Gasteiger partial charge is 0.497 e. The highest BCUT2D eigenvalue weighted by atomic mass is 19.1. The van der Waals surface area contributed by atoms with Gasteiger partial charge < -0.3 is 15.0 Å². The van der Waals surface area contributed by atoms with E-state index in [1.54, 1.807) is 13.3 Å². The fourth-order valence-corrected chi connectivity index (χ4v) is 5.32. The van der Waals surface area contributed by atoms with Gasteiger partial charge in [0.15, 0.2) is 0 Å². The summed E-state index contributed by atoms with van der Waals surface area (Å²) in [6.07, 6.45) is 3.37. The molecule has 1 fully saturated rings. The molecule has 2 aliphatic heterocycles.